The Morgan fingerprint density at radius 1 is 1.14 bits per heavy atom. The van der Waals surface area contributed by atoms with Crippen LogP contribution in [0.15, 0.2) is 30.3 Å². The van der Waals surface area contributed by atoms with E-state index in [9.17, 15) is 0 Å². The zero-order valence-corrected chi connectivity index (χ0v) is 14.4. The quantitative estimate of drug-likeness (QED) is 0.802. The second kappa shape index (κ2) is 6.52. The van der Waals surface area contributed by atoms with Gasteiger partial charge in [-0.05, 0) is 49.1 Å². The molecule has 0 aliphatic carbocycles. The van der Waals surface area contributed by atoms with Crippen molar-refractivity contribution in [2.24, 2.45) is 0 Å². The monoisotopic (exact) mass is 303 g/mol. The van der Waals surface area contributed by atoms with Crippen LogP contribution in [-0.4, -0.2) is 6.61 Å². The molecule has 0 saturated heterocycles. The van der Waals surface area contributed by atoms with Gasteiger partial charge in [0.1, 0.15) is 5.75 Å². The molecule has 1 heterocycles. The number of rotatable bonds is 5. The SMILES string of the molecule is CCOc1cc(C)ccc1NCc1ccc(C(C)(C)C)s1. The van der Waals surface area contributed by atoms with Crippen molar-refractivity contribution in [1.29, 1.82) is 0 Å². The van der Waals surface area contributed by atoms with Crippen molar-refractivity contribution in [2.75, 3.05) is 11.9 Å². The number of ether oxygens (including phenoxy) is 1. The molecule has 0 fully saturated rings. The summed E-state index contributed by atoms with van der Waals surface area (Å²) in [6.07, 6.45) is 0. The van der Waals surface area contributed by atoms with Crippen LogP contribution >= 0.6 is 11.3 Å². The maximum Gasteiger partial charge on any atom is 0.142 e. The van der Waals surface area contributed by atoms with Crippen molar-refractivity contribution in [3.8, 4) is 5.75 Å². The van der Waals surface area contributed by atoms with E-state index in [-0.39, 0.29) is 5.41 Å². The first kappa shape index (κ1) is 15.9. The number of nitrogens with one attached hydrogen (secondary N) is 1. The lowest BCUT2D eigenvalue weighted by molar-refractivity contribution is 0.341. The summed E-state index contributed by atoms with van der Waals surface area (Å²) in [5.74, 6) is 0.935. The third-order valence-corrected chi connectivity index (χ3v) is 4.80. The number of thiophene rings is 1. The lowest BCUT2D eigenvalue weighted by Gasteiger charge is -2.15. The van der Waals surface area contributed by atoms with Crippen molar-refractivity contribution in [1.82, 2.24) is 0 Å². The molecule has 2 nitrogen and oxygen atoms in total. The molecule has 1 aromatic carbocycles. The van der Waals surface area contributed by atoms with Crippen LogP contribution in [0, 0.1) is 6.92 Å². The van der Waals surface area contributed by atoms with E-state index < -0.39 is 0 Å². The molecule has 0 radical (unpaired) electrons. The number of benzene rings is 1. The fourth-order valence-electron chi connectivity index (χ4n) is 2.11. The fourth-order valence-corrected chi connectivity index (χ4v) is 3.11. The lowest BCUT2D eigenvalue weighted by Crippen LogP contribution is -2.07. The molecule has 114 valence electrons. The van der Waals surface area contributed by atoms with E-state index in [0.717, 1.165) is 18.0 Å². The zero-order valence-electron chi connectivity index (χ0n) is 13.6. The average molecular weight is 303 g/mol. The van der Waals surface area contributed by atoms with E-state index in [1.165, 1.54) is 15.3 Å². The largest absolute Gasteiger partial charge is 0.492 e. The van der Waals surface area contributed by atoms with E-state index in [2.05, 4.69) is 63.3 Å². The molecular weight excluding hydrogens is 278 g/mol. The molecule has 0 unspecified atom stereocenters. The van der Waals surface area contributed by atoms with Crippen LogP contribution in [0.1, 0.15) is 43.0 Å². The van der Waals surface area contributed by atoms with Gasteiger partial charge in [0.15, 0.2) is 0 Å². The maximum absolute atomic E-state index is 5.71. The van der Waals surface area contributed by atoms with Gasteiger partial charge in [-0.2, -0.15) is 0 Å². The maximum atomic E-state index is 5.71. The van der Waals surface area contributed by atoms with Gasteiger partial charge < -0.3 is 10.1 Å². The van der Waals surface area contributed by atoms with Gasteiger partial charge in [0.25, 0.3) is 0 Å². The van der Waals surface area contributed by atoms with Gasteiger partial charge >= 0.3 is 0 Å². The minimum absolute atomic E-state index is 0.225. The van der Waals surface area contributed by atoms with Gasteiger partial charge in [0.2, 0.25) is 0 Å². The molecule has 21 heavy (non-hydrogen) atoms. The Morgan fingerprint density at radius 2 is 1.90 bits per heavy atom. The van der Waals surface area contributed by atoms with Crippen LogP contribution < -0.4 is 10.1 Å². The van der Waals surface area contributed by atoms with E-state index in [4.69, 9.17) is 4.74 Å². The highest BCUT2D eigenvalue weighted by molar-refractivity contribution is 7.12. The smallest absolute Gasteiger partial charge is 0.142 e. The van der Waals surface area contributed by atoms with Gasteiger partial charge in [-0.25, -0.2) is 0 Å². The van der Waals surface area contributed by atoms with E-state index in [1.807, 2.05) is 18.3 Å². The third-order valence-electron chi connectivity index (χ3n) is 3.29. The Labute approximate surface area is 132 Å². The fraction of sp³-hybridized carbons (Fsp3) is 0.444. The second-order valence-corrected chi connectivity index (χ2v) is 7.47. The summed E-state index contributed by atoms with van der Waals surface area (Å²) in [6.45, 7) is 12.4. The number of anilines is 1. The van der Waals surface area contributed by atoms with Crippen molar-refractivity contribution < 1.29 is 4.74 Å². The summed E-state index contributed by atoms with van der Waals surface area (Å²) >= 11 is 1.88. The highest BCUT2D eigenvalue weighted by atomic mass is 32.1. The Kier molecular flexibility index (Phi) is 4.94. The van der Waals surface area contributed by atoms with E-state index in [0.29, 0.717) is 6.61 Å². The average Bonchev–Trinajstić information content (AvgIpc) is 2.87. The molecule has 0 atom stereocenters. The summed E-state index contributed by atoms with van der Waals surface area (Å²) < 4.78 is 5.71. The normalized spacial score (nSPS) is 11.5. The highest BCUT2D eigenvalue weighted by Gasteiger charge is 2.16. The zero-order chi connectivity index (χ0) is 15.5. The van der Waals surface area contributed by atoms with Gasteiger partial charge in [-0.3, -0.25) is 0 Å². The Bertz CT molecular complexity index is 596. The highest BCUT2D eigenvalue weighted by Crippen LogP contribution is 2.31. The van der Waals surface area contributed by atoms with E-state index in [1.54, 1.807) is 0 Å². The molecule has 0 aliphatic rings. The van der Waals surface area contributed by atoms with E-state index >= 15 is 0 Å². The molecular formula is C18H25NOS. The minimum atomic E-state index is 0.225. The number of hydrogen-bond donors (Lipinski definition) is 1. The second-order valence-electron chi connectivity index (χ2n) is 6.30. The summed E-state index contributed by atoms with van der Waals surface area (Å²) in [7, 11) is 0. The summed E-state index contributed by atoms with van der Waals surface area (Å²) in [5.41, 5.74) is 2.51. The van der Waals surface area contributed by atoms with Crippen molar-refractivity contribution in [3.63, 3.8) is 0 Å². The first-order valence-electron chi connectivity index (χ1n) is 7.46. The summed E-state index contributed by atoms with van der Waals surface area (Å²) in [6, 6.07) is 10.7. The van der Waals surface area contributed by atoms with Crippen LogP contribution in [0.2, 0.25) is 0 Å². The minimum Gasteiger partial charge on any atom is -0.492 e. The molecule has 0 bridgehead atoms. The molecule has 0 amide bonds. The Hall–Kier alpha value is -1.48. The lowest BCUT2D eigenvalue weighted by atomic mass is 9.95. The number of aryl methyl sites for hydroxylation is 1. The van der Waals surface area contributed by atoms with Crippen LogP contribution in [0.5, 0.6) is 5.75 Å². The summed E-state index contributed by atoms with van der Waals surface area (Å²) in [4.78, 5) is 2.77. The predicted molar refractivity (Wildman–Crippen MR) is 92.7 cm³/mol. The van der Waals surface area contributed by atoms with Crippen LogP contribution in [0.25, 0.3) is 0 Å². The predicted octanol–water partition coefficient (Wildman–Crippen LogP) is 5.36. The van der Waals surface area contributed by atoms with Crippen molar-refractivity contribution in [2.45, 2.75) is 46.6 Å². The first-order chi connectivity index (χ1) is 9.90. The first-order valence-corrected chi connectivity index (χ1v) is 8.28. The molecule has 0 saturated carbocycles. The molecule has 3 heteroatoms. The van der Waals surface area contributed by atoms with Gasteiger partial charge in [-0.1, -0.05) is 26.8 Å². The summed E-state index contributed by atoms with van der Waals surface area (Å²) in [5, 5.41) is 3.49. The number of hydrogen-bond acceptors (Lipinski definition) is 3. The topological polar surface area (TPSA) is 21.3 Å². The third kappa shape index (κ3) is 4.24. The standard InChI is InChI=1S/C18H25NOS/c1-6-20-16-11-13(2)7-9-15(16)19-12-14-8-10-17(21-14)18(3,4)5/h7-11,19H,6,12H2,1-5H3. The van der Waals surface area contributed by atoms with Crippen LogP contribution in [-0.2, 0) is 12.0 Å². The molecule has 1 N–H and O–H groups in total. The Balaban J connectivity index is 2.08. The van der Waals surface area contributed by atoms with Gasteiger partial charge in [-0.15, -0.1) is 11.3 Å². The van der Waals surface area contributed by atoms with Crippen molar-refractivity contribution in [3.05, 3.63) is 45.6 Å². The Morgan fingerprint density at radius 3 is 2.52 bits per heavy atom. The molecule has 1 aromatic heterocycles. The van der Waals surface area contributed by atoms with Gasteiger partial charge in [0, 0.05) is 16.3 Å². The van der Waals surface area contributed by atoms with Gasteiger partial charge in [0.05, 0.1) is 12.3 Å². The molecule has 0 aliphatic heterocycles. The van der Waals surface area contributed by atoms with Crippen molar-refractivity contribution >= 4 is 17.0 Å². The molecule has 2 rings (SSSR count). The van der Waals surface area contributed by atoms with Crippen LogP contribution in [0.3, 0.4) is 0 Å². The molecule has 2 aromatic rings. The van der Waals surface area contributed by atoms with Crippen LogP contribution in [0.4, 0.5) is 5.69 Å². The molecule has 0 spiro atoms.